The fourth-order valence-electron chi connectivity index (χ4n) is 4.03. The molecular weight excluding hydrogens is 414 g/mol. The van der Waals surface area contributed by atoms with E-state index >= 15 is 0 Å². The van der Waals surface area contributed by atoms with Gasteiger partial charge in [-0.3, -0.25) is 4.79 Å². The molecule has 1 amide bonds. The van der Waals surface area contributed by atoms with Crippen LogP contribution in [0.2, 0.25) is 0 Å². The minimum Gasteiger partial charge on any atom is -0.381 e. The van der Waals surface area contributed by atoms with Crippen molar-refractivity contribution in [2.24, 2.45) is 11.5 Å². The minimum atomic E-state index is -0.691. The average molecular weight is 434 g/mol. The Hall–Kier alpha value is -3.42. The van der Waals surface area contributed by atoms with Crippen LogP contribution < -0.4 is 15.8 Å². The van der Waals surface area contributed by atoms with Gasteiger partial charge in [0.05, 0.1) is 5.69 Å². The van der Waals surface area contributed by atoms with Crippen molar-refractivity contribution >= 4 is 23.4 Å². The molecule has 0 radical (unpaired) electrons. The number of rotatable bonds is 5. The summed E-state index contributed by atoms with van der Waals surface area (Å²) in [5, 5.41) is 4.41. The highest BCUT2D eigenvalue weighted by Gasteiger charge is 2.34. The number of amides is 1. The van der Waals surface area contributed by atoms with Gasteiger partial charge in [-0.1, -0.05) is 54.6 Å². The number of imidazole rings is 1. The van der Waals surface area contributed by atoms with Gasteiger partial charge in [0.1, 0.15) is 17.6 Å². The lowest BCUT2D eigenvalue weighted by Crippen LogP contribution is -2.43. The van der Waals surface area contributed by atoms with Crippen LogP contribution in [0.15, 0.2) is 60.7 Å². The molecule has 31 heavy (non-hydrogen) atoms. The van der Waals surface area contributed by atoms with Crippen LogP contribution >= 0.6 is 11.9 Å². The summed E-state index contributed by atoms with van der Waals surface area (Å²) < 4.78 is 6.52. The summed E-state index contributed by atoms with van der Waals surface area (Å²) in [6, 6.07) is 19.2. The predicted molar refractivity (Wildman–Crippen MR) is 119 cm³/mol. The van der Waals surface area contributed by atoms with Crippen molar-refractivity contribution in [3.63, 3.8) is 0 Å². The monoisotopic (exact) mass is 433 g/mol. The Morgan fingerprint density at radius 3 is 2.35 bits per heavy atom. The van der Waals surface area contributed by atoms with Gasteiger partial charge in [-0.05, 0) is 24.8 Å². The molecule has 2 aromatic carbocycles. The first kappa shape index (κ1) is 19.5. The molecule has 0 aliphatic heterocycles. The van der Waals surface area contributed by atoms with E-state index in [1.54, 1.807) is 4.52 Å². The Morgan fingerprint density at radius 1 is 1.06 bits per heavy atom. The average Bonchev–Trinajstić information content (AvgIpc) is 3.17. The molecule has 0 atom stereocenters. The largest absolute Gasteiger partial charge is 0.381 e. The van der Waals surface area contributed by atoms with E-state index in [0.29, 0.717) is 17.0 Å². The maximum absolute atomic E-state index is 11.8. The van der Waals surface area contributed by atoms with Crippen LogP contribution in [0.5, 0.6) is 5.75 Å². The number of fused-ring (bicyclic) bond motifs is 1. The predicted octanol–water partition coefficient (Wildman–Crippen LogP) is 4.03. The van der Waals surface area contributed by atoms with Gasteiger partial charge in [-0.15, -0.1) is 0 Å². The number of nitrogens with two attached hydrogens (primary N) is 2. The molecule has 1 aliphatic rings. The molecule has 2 heterocycles. The van der Waals surface area contributed by atoms with Gasteiger partial charge in [0, 0.05) is 22.7 Å². The van der Waals surface area contributed by atoms with E-state index in [2.05, 4.69) is 17.2 Å². The van der Waals surface area contributed by atoms with Crippen LogP contribution in [-0.4, -0.2) is 20.5 Å². The van der Waals surface area contributed by atoms with E-state index in [0.717, 1.165) is 36.0 Å². The molecule has 1 aliphatic carbocycles. The summed E-state index contributed by atoms with van der Waals surface area (Å²) in [6.45, 7) is 0. The van der Waals surface area contributed by atoms with Gasteiger partial charge in [0.15, 0.2) is 17.1 Å². The molecule has 4 aromatic rings. The first-order valence-electron chi connectivity index (χ1n) is 9.97. The highest BCUT2D eigenvalue weighted by Crippen LogP contribution is 2.40. The van der Waals surface area contributed by atoms with Crippen LogP contribution in [-0.2, 0) is 5.54 Å². The maximum atomic E-state index is 11.8. The van der Waals surface area contributed by atoms with E-state index in [1.807, 2.05) is 42.5 Å². The van der Waals surface area contributed by atoms with E-state index < -0.39 is 5.91 Å². The molecule has 4 N–H and O–H groups in total. The first-order chi connectivity index (χ1) is 15.0. The zero-order valence-electron chi connectivity index (χ0n) is 16.6. The zero-order valence-corrected chi connectivity index (χ0v) is 17.3. The number of nitrogens with zero attached hydrogens (tertiary/aromatic N) is 3. The third-order valence-electron chi connectivity index (χ3n) is 5.91. The molecule has 1 saturated carbocycles. The number of halogens is 1. The lowest BCUT2D eigenvalue weighted by Gasteiger charge is -2.38. The number of carbonyl (C=O) groups is 1. The van der Waals surface area contributed by atoms with Gasteiger partial charge in [-0.25, -0.2) is 9.50 Å². The quantitative estimate of drug-likeness (QED) is 0.493. The smallest absolute Gasteiger partial charge is 0.269 e. The second kappa shape index (κ2) is 7.37. The van der Waals surface area contributed by atoms with Crippen molar-refractivity contribution in [3.05, 3.63) is 71.9 Å². The first-order valence-corrected chi connectivity index (χ1v) is 10.3. The fourth-order valence-corrected chi connectivity index (χ4v) is 4.15. The van der Waals surface area contributed by atoms with Crippen LogP contribution in [0.3, 0.4) is 0 Å². The number of primary amides is 1. The van der Waals surface area contributed by atoms with E-state index in [-0.39, 0.29) is 17.0 Å². The Morgan fingerprint density at radius 2 is 1.77 bits per heavy atom. The van der Waals surface area contributed by atoms with Gasteiger partial charge in [0.25, 0.3) is 5.91 Å². The van der Waals surface area contributed by atoms with Gasteiger partial charge in [0.2, 0.25) is 0 Å². The Kier molecular flexibility index (Phi) is 4.64. The molecule has 1 fully saturated rings. The molecule has 0 saturated heterocycles. The van der Waals surface area contributed by atoms with Crippen LogP contribution in [0, 0.1) is 0 Å². The number of benzene rings is 2. The Balaban J connectivity index is 1.75. The molecule has 0 spiro atoms. The molecule has 7 nitrogen and oxygen atoms in total. The Labute approximate surface area is 183 Å². The molecule has 0 unspecified atom stereocenters. The third-order valence-corrected chi connectivity index (χ3v) is 6.08. The van der Waals surface area contributed by atoms with Crippen molar-refractivity contribution in [1.82, 2.24) is 14.6 Å². The standard InChI is InChI=1S/C23H20ClN5O2/c24-31-18-13-17(21(25)30)28-29-20(15-5-2-1-3-6-15)19(27-22(18)29)14-7-9-16(10-8-14)23(26)11-4-12-23/h1-3,5-10,13H,4,11-12,26H2,(H2,25,30). The lowest BCUT2D eigenvalue weighted by molar-refractivity contribution is 0.0994. The molecule has 0 bridgehead atoms. The van der Waals surface area contributed by atoms with Gasteiger partial charge < -0.3 is 15.8 Å². The summed E-state index contributed by atoms with van der Waals surface area (Å²) in [5.74, 6) is -0.495. The summed E-state index contributed by atoms with van der Waals surface area (Å²) >= 11 is 5.68. The van der Waals surface area contributed by atoms with Crippen LogP contribution in [0.1, 0.15) is 35.3 Å². The van der Waals surface area contributed by atoms with Gasteiger partial charge in [-0.2, -0.15) is 5.10 Å². The van der Waals surface area contributed by atoms with Gasteiger partial charge >= 0.3 is 0 Å². The van der Waals surface area contributed by atoms with Crippen LogP contribution in [0.4, 0.5) is 0 Å². The molecule has 2 aromatic heterocycles. The summed E-state index contributed by atoms with van der Waals surface area (Å²) in [5.41, 5.74) is 16.4. The molecule has 156 valence electrons. The molecule has 8 heteroatoms. The Bertz CT molecular complexity index is 1280. The number of hydrogen-bond donors (Lipinski definition) is 2. The summed E-state index contributed by atoms with van der Waals surface area (Å²) in [6.07, 6.45) is 3.14. The number of aromatic nitrogens is 3. The molecular formula is C23H20ClN5O2. The summed E-state index contributed by atoms with van der Waals surface area (Å²) in [7, 11) is 0. The highest BCUT2D eigenvalue weighted by molar-refractivity contribution is 6.09. The fraction of sp³-hybridized carbons (Fsp3) is 0.174. The second-order valence-electron chi connectivity index (χ2n) is 7.83. The van der Waals surface area contributed by atoms with Crippen molar-refractivity contribution in [2.45, 2.75) is 24.8 Å². The second-order valence-corrected chi connectivity index (χ2v) is 7.99. The van der Waals surface area contributed by atoms with Crippen molar-refractivity contribution in [2.75, 3.05) is 0 Å². The molecule has 5 rings (SSSR count). The summed E-state index contributed by atoms with van der Waals surface area (Å²) in [4.78, 5) is 16.6. The van der Waals surface area contributed by atoms with Crippen molar-refractivity contribution in [3.8, 4) is 28.3 Å². The van der Waals surface area contributed by atoms with Crippen LogP contribution in [0.25, 0.3) is 28.2 Å². The lowest BCUT2D eigenvalue weighted by atomic mass is 9.72. The highest BCUT2D eigenvalue weighted by atomic mass is 35.5. The van der Waals surface area contributed by atoms with E-state index in [9.17, 15) is 4.79 Å². The third kappa shape index (κ3) is 3.22. The number of carbonyl (C=O) groups excluding carboxylic acids is 1. The van der Waals surface area contributed by atoms with E-state index in [4.69, 9.17) is 32.6 Å². The van der Waals surface area contributed by atoms with E-state index in [1.165, 1.54) is 6.07 Å². The van der Waals surface area contributed by atoms with Crippen molar-refractivity contribution < 1.29 is 9.08 Å². The SMILES string of the molecule is NC(=O)c1cc(OCl)c2nc(-c3ccc(C4(N)CCC4)cc3)c(-c3ccccc3)n2n1. The number of hydrogen-bond acceptors (Lipinski definition) is 5. The maximum Gasteiger partial charge on any atom is 0.269 e. The topological polar surface area (TPSA) is 109 Å². The minimum absolute atomic E-state index is 0.0229. The van der Waals surface area contributed by atoms with Crippen molar-refractivity contribution in [1.29, 1.82) is 0 Å². The zero-order chi connectivity index (χ0) is 21.6. The normalized spacial score (nSPS) is 14.9.